The fourth-order valence-corrected chi connectivity index (χ4v) is 1.20. The number of Topliss-reactive ketones (excluding diaryl/α,β-unsaturated/α-hetero) is 1. The number of nitrogens with two attached hydrogens (primary N) is 2. The Bertz CT molecular complexity index is 226. The number of carbonyl (C=O) groups is 2. The third-order valence-corrected chi connectivity index (χ3v) is 2.21. The maximum Gasteiger partial charge on any atom is 0.310 e. The Morgan fingerprint density at radius 3 is 1.48 bits per heavy atom. The average molecular weight is 306 g/mol. The normalized spacial score (nSPS) is 9.86. The molecule has 5 N–H and O–H groups in total. The number of carboxylic acid groups (broad SMARTS) is 1. The van der Waals surface area contributed by atoms with Crippen molar-refractivity contribution in [3.05, 3.63) is 0 Å². The van der Waals surface area contributed by atoms with Gasteiger partial charge in [0.25, 0.3) is 0 Å². The predicted octanol–water partition coefficient (Wildman–Crippen LogP) is 0.548. The van der Waals surface area contributed by atoms with E-state index >= 15 is 0 Å². The first-order valence-electron chi connectivity index (χ1n) is 7.31. The molecule has 7 nitrogen and oxygen atoms in total. The van der Waals surface area contributed by atoms with Crippen molar-refractivity contribution in [3.8, 4) is 0 Å². The molecule has 0 saturated heterocycles. The first-order valence-corrected chi connectivity index (χ1v) is 7.31. The lowest BCUT2D eigenvalue weighted by molar-refractivity contribution is -0.139. The van der Waals surface area contributed by atoms with Crippen LogP contribution in [0, 0.1) is 0 Å². The maximum atomic E-state index is 9.87. The smallest absolute Gasteiger partial charge is 0.310 e. The van der Waals surface area contributed by atoms with E-state index in [4.69, 9.17) is 26.0 Å². The van der Waals surface area contributed by atoms with Crippen LogP contribution in [0.2, 0.25) is 0 Å². The van der Waals surface area contributed by atoms with Gasteiger partial charge < -0.3 is 26.0 Å². The van der Waals surface area contributed by atoms with Crippen LogP contribution >= 0.6 is 0 Å². The van der Waals surface area contributed by atoms with E-state index in [0.717, 1.165) is 52.1 Å². The quantitative estimate of drug-likeness (QED) is 0.335. The van der Waals surface area contributed by atoms with Gasteiger partial charge in [-0.3, -0.25) is 9.59 Å². The highest BCUT2D eigenvalue weighted by atomic mass is 16.5. The van der Waals surface area contributed by atoms with Gasteiger partial charge in [-0.05, 0) is 45.7 Å². The molecule has 0 aliphatic carbocycles. The van der Waals surface area contributed by atoms with Crippen molar-refractivity contribution in [3.63, 3.8) is 0 Å². The summed E-state index contributed by atoms with van der Waals surface area (Å²) >= 11 is 0. The van der Waals surface area contributed by atoms with Gasteiger partial charge in [0.15, 0.2) is 0 Å². The van der Waals surface area contributed by atoms with Crippen molar-refractivity contribution in [2.45, 2.75) is 39.0 Å². The van der Waals surface area contributed by atoms with E-state index in [1.54, 1.807) is 0 Å². The monoisotopic (exact) mass is 306 g/mol. The molecule has 0 heterocycles. The summed E-state index contributed by atoms with van der Waals surface area (Å²) in [4.78, 5) is 19.5. The lowest BCUT2D eigenvalue weighted by Crippen LogP contribution is -2.07. The number of ether oxygens (including phenoxy) is 2. The number of unbranched alkanes of at least 4 members (excludes halogenated alkanes) is 1. The number of rotatable bonds is 13. The Kier molecular flexibility index (Phi) is 20.1. The van der Waals surface area contributed by atoms with Crippen molar-refractivity contribution >= 4 is 11.8 Å². The Labute approximate surface area is 127 Å². The summed E-state index contributed by atoms with van der Waals surface area (Å²) in [7, 11) is 0. The molecule has 0 atom stereocenters. The molecule has 0 aromatic rings. The van der Waals surface area contributed by atoms with Gasteiger partial charge in [0.2, 0.25) is 0 Å². The highest BCUT2D eigenvalue weighted by molar-refractivity contribution is 5.93. The van der Waals surface area contributed by atoms with Crippen LogP contribution in [-0.4, -0.2) is 56.4 Å². The van der Waals surface area contributed by atoms with E-state index < -0.39 is 5.97 Å². The number of aliphatic carboxylic acids is 1. The molecule has 0 fully saturated rings. The summed E-state index contributed by atoms with van der Waals surface area (Å²) in [6.45, 7) is 5.87. The molecule has 0 bridgehead atoms. The molecule has 21 heavy (non-hydrogen) atoms. The molecule has 0 aliphatic rings. The summed E-state index contributed by atoms with van der Waals surface area (Å²) in [5.74, 6) is -1.37. The average Bonchev–Trinajstić information content (AvgIpc) is 2.40. The molecule has 0 aliphatic heterocycles. The molecule has 0 spiro atoms. The van der Waals surface area contributed by atoms with E-state index in [1.165, 1.54) is 6.92 Å². The minimum absolute atomic E-state index is 0.312. The highest BCUT2D eigenvalue weighted by Crippen LogP contribution is 1.92. The van der Waals surface area contributed by atoms with E-state index in [1.807, 2.05) is 0 Å². The van der Waals surface area contributed by atoms with Gasteiger partial charge >= 0.3 is 5.97 Å². The molecular weight excluding hydrogens is 276 g/mol. The summed E-state index contributed by atoms with van der Waals surface area (Å²) in [6.07, 6.45) is 3.67. The van der Waals surface area contributed by atoms with Crippen molar-refractivity contribution in [2.24, 2.45) is 11.5 Å². The second-order valence-electron chi connectivity index (χ2n) is 4.49. The number of carboxylic acids is 1. The van der Waals surface area contributed by atoms with Gasteiger partial charge in [-0.15, -0.1) is 0 Å². The second kappa shape index (κ2) is 19.0. The van der Waals surface area contributed by atoms with E-state index in [2.05, 4.69) is 0 Å². The molecule has 0 unspecified atom stereocenters. The summed E-state index contributed by atoms with van der Waals surface area (Å²) in [6, 6.07) is 0. The van der Waals surface area contributed by atoms with Gasteiger partial charge in [-0.1, -0.05) is 0 Å². The largest absolute Gasteiger partial charge is 0.481 e. The Morgan fingerprint density at radius 1 is 0.857 bits per heavy atom. The fourth-order valence-electron chi connectivity index (χ4n) is 1.20. The Hall–Kier alpha value is -1.02. The summed E-state index contributed by atoms with van der Waals surface area (Å²) in [5, 5.41) is 7.86. The van der Waals surface area contributed by atoms with Crippen LogP contribution in [0.15, 0.2) is 0 Å². The molecular formula is C14H30N2O5. The van der Waals surface area contributed by atoms with Crippen LogP contribution in [0.1, 0.15) is 39.0 Å². The maximum absolute atomic E-state index is 9.87. The fraction of sp³-hybridized carbons (Fsp3) is 0.857. The molecule has 0 aromatic carbocycles. The number of hydrogen-bond acceptors (Lipinski definition) is 6. The molecule has 0 amide bonds. The van der Waals surface area contributed by atoms with Crippen LogP contribution in [-0.2, 0) is 19.1 Å². The Balaban J connectivity index is 0. The van der Waals surface area contributed by atoms with Gasteiger partial charge in [-0.25, -0.2) is 0 Å². The molecule has 0 radical (unpaired) electrons. The van der Waals surface area contributed by atoms with Gasteiger partial charge in [0.1, 0.15) is 12.2 Å². The topological polar surface area (TPSA) is 125 Å². The molecule has 7 heteroatoms. The molecule has 0 aromatic heterocycles. The van der Waals surface area contributed by atoms with Crippen molar-refractivity contribution < 1.29 is 24.2 Å². The molecule has 0 saturated carbocycles. The highest BCUT2D eigenvalue weighted by Gasteiger charge is 1.98. The zero-order valence-corrected chi connectivity index (χ0v) is 13.0. The molecule has 126 valence electrons. The third kappa shape index (κ3) is 28.0. The zero-order chi connectivity index (χ0) is 16.3. The van der Waals surface area contributed by atoms with Crippen LogP contribution in [0.3, 0.4) is 0 Å². The minimum Gasteiger partial charge on any atom is -0.481 e. The van der Waals surface area contributed by atoms with E-state index in [-0.39, 0.29) is 12.2 Å². The van der Waals surface area contributed by atoms with Crippen LogP contribution in [0.25, 0.3) is 0 Å². The summed E-state index contributed by atoms with van der Waals surface area (Å²) < 4.78 is 10.7. The van der Waals surface area contributed by atoms with Crippen LogP contribution in [0.4, 0.5) is 0 Å². The number of hydrogen-bond donors (Lipinski definition) is 3. The van der Waals surface area contributed by atoms with Crippen molar-refractivity contribution in [1.82, 2.24) is 0 Å². The SMILES string of the molecule is CC(=O)CC(=O)O.NCCCOCCCCOCCCN. The van der Waals surface area contributed by atoms with E-state index in [9.17, 15) is 9.59 Å². The Morgan fingerprint density at radius 2 is 1.24 bits per heavy atom. The van der Waals surface area contributed by atoms with Gasteiger partial charge in [0, 0.05) is 26.4 Å². The summed E-state index contributed by atoms with van der Waals surface area (Å²) in [5.41, 5.74) is 10.7. The molecule has 0 rings (SSSR count). The second-order valence-corrected chi connectivity index (χ2v) is 4.49. The lowest BCUT2D eigenvalue weighted by atomic mass is 10.3. The van der Waals surface area contributed by atoms with Crippen molar-refractivity contribution in [2.75, 3.05) is 39.5 Å². The predicted molar refractivity (Wildman–Crippen MR) is 81.1 cm³/mol. The van der Waals surface area contributed by atoms with Crippen molar-refractivity contribution in [1.29, 1.82) is 0 Å². The lowest BCUT2D eigenvalue weighted by Gasteiger charge is -2.04. The van der Waals surface area contributed by atoms with E-state index in [0.29, 0.717) is 13.1 Å². The van der Waals surface area contributed by atoms with Crippen LogP contribution in [0.5, 0.6) is 0 Å². The first kappa shape index (κ1) is 22.3. The van der Waals surface area contributed by atoms with Gasteiger partial charge in [0.05, 0.1) is 0 Å². The van der Waals surface area contributed by atoms with Gasteiger partial charge in [-0.2, -0.15) is 0 Å². The number of ketones is 1. The zero-order valence-electron chi connectivity index (χ0n) is 13.0. The number of carbonyl (C=O) groups excluding carboxylic acids is 1. The third-order valence-electron chi connectivity index (χ3n) is 2.21. The first-order chi connectivity index (χ1) is 10.0. The van der Waals surface area contributed by atoms with Crippen LogP contribution < -0.4 is 11.5 Å². The minimum atomic E-state index is -1.06. The standard InChI is InChI=1S/C10H24N2O2.C4H6O3/c11-5-3-9-13-7-1-2-8-14-10-4-6-12;1-3(5)2-4(6)7/h1-12H2;2H2,1H3,(H,6,7).